The number of likely N-dealkylation sites (tertiary alicyclic amines) is 2. The number of hydrogen-bond acceptors (Lipinski definition) is 3. The van der Waals surface area contributed by atoms with Gasteiger partial charge in [-0.15, -0.1) is 12.4 Å². The van der Waals surface area contributed by atoms with Crippen molar-refractivity contribution in [1.29, 1.82) is 0 Å². The fraction of sp³-hybridized carbons (Fsp3) is 0.636. The Kier molecular flexibility index (Phi) is 7.06. The number of amides is 3. The number of urea groups is 1. The number of anilines is 1. The normalized spacial score (nSPS) is 23.6. The van der Waals surface area contributed by atoms with Crippen LogP contribution < -0.4 is 10.6 Å². The fourth-order valence-corrected chi connectivity index (χ4v) is 4.97. The molecule has 1 atom stereocenters. The number of nitrogens with one attached hydrogen (secondary N) is 2. The average Bonchev–Trinajstić information content (AvgIpc) is 3.16. The van der Waals surface area contributed by atoms with Gasteiger partial charge in [0.15, 0.2) is 0 Å². The zero-order valence-electron chi connectivity index (χ0n) is 17.3. The first-order valence-electron chi connectivity index (χ1n) is 10.7. The molecule has 4 rings (SSSR count). The van der Waals surface area contributed by atoms with Gasteiger partial charge >= 0.3 is 6.03 Å². The summed E-state index contributed by atoms with van der Waals surface area (Å²) < 4.78 is 0. The lowest BCUT2D eigenvalue weighted by Crippen LogP contribution is -2.51. The molecule has 3 amide bonds. The molecular formula is C22H33ClN4O2. The van der Waals surface area contributed by atoms with Crippen molar-refractivity contribution in [1.82, 2.24) is 15.1 Å². The van der Waals surface area contributed by atoms with Crippen LogP contribution in [0.25, 0.3) is 0 Å². The maximum absolute atomic E-state index is 13.1. The van der Waals surface area contributed by atoms with E-state index in [1.807, 2.05) is 31.2 Å². The van der Waals surface area contributed by atoms with Crippen molar-refractivity contribution in [2.45, 2.75) is 39.0 Å². The molecule has 3 aliphatic rings. The molecule has 3 fully saturated rings. The maximum atomic E-state index is 13.1. The molecule has 2 N–H and O–H groups in total. The number of nitrogens with zero attached hydrogens (tertiary/aromatic N) is 2. The third-order valence-electron chi connectivity index (χ3n) is 6.80. The van der Waals surface area contributed by atoms with Crippen LogP contribution in [0.15, 0.2) is 24.3 Å². The molecule has 29 heavy (non-hydrogen) atoms. The van der Waals surface area contributed by atoms with E-state index < -0.39 is 0 Å². The SMILES string of the molecule is Cc1cccc(NC(=O)N2CCCC(C(=O)N3CCC4(CCNC4)CC3)C2)c1.Cl. The molecule has 0 bridgehead atoms. The Bertz CT molecular complexity index is 725. The Morgan fingerprint density at radius 1 is 1.14 bits per heavy atom. The largest absolute Gasteiger partial charge is 0.342 e. The van der Waals surface area contributed by atoms with Gasteiger partial charge in [-0.05, 0) is 68.7 Å². The first kappa shape index (κ1) is 21.9. The van der Waals surface area contributed by atoms with Gasteiger partial charge in [0.25, 0.3) is 0 Å². The van der Waals surface area contributed by atoms with Crippen molar-refractivity contribution in [3.63, 3.8) is 0 Å². The van der Waals surface area contributed by atoms with E-state index in [1.165, 1.54) is 6.42 Å². The van der Waals surface area contributed by atoms with Gasteiger partial charge in [0.05, 0.1) is 5.92 Å². The summed E-state index contributed by atoms with van der Waals surface area (Å²) >= 11 is 0. The maximum Gasteiger partial charge on any atom is 0.321 e. The molecule has 1 spiro atoms. The van der Waals surface area contributed by atoms with Crippen LogP contribution in [0.5, 0.6) is 0 Å². The smallest absolute Gasteiger partial charge is 0.321 e. The Hall–Kier alpha value is -1.79. The molecule has 1 aromatic rings. The third-order valence-corrected chi connectivity index (χ3v) is 6.80. The van der Waals surface area contributed by atoms with E-state index in [4.69, 9.17) is 0 Å². The molecular weight excluding hydrogens is 388 g/mol. The van der Waals surface area contributed by atoms with Crippen molar-refractivity contribution in [3.8, 4) is 0 Å². The van der Waals surface area contributed by atoms with Gasteiger partial charge in [-0.25, -0.2) is 4.79 Å². The fourth-order valence-electron chi connectivity index (χ4n) is 4.97. The van der Waals surface area contributed by atoms with E-state index in [0.717, 1.165) is 69.7 Å². The zero-order chi connectivity index (χ0) is 19.6. The van der Waals surface area contributed by atoms with Gasteiger partial charge in [-0.1, -0.05) is 12.1 Å². The van der Waals surface area contributed by atoms with Gasteiger partial charge in [-0.3, -0.25) is 4.79 Å². The number of halogens is 1. The van der Waals surface area contributed by atoms with E-state index in [0.29, 0.717) is 12.0 Å². The van der Waals surface area contributed by atoms with Crippen molar-refractivity contribution >= 4 is 30.0 Å². The number of aryl methyl sites for hydroxylation is 1. The molecule has 3 aliphatic heterocycles. The van der Waals surface area contributed by atoms with Gasteiger partial charge in [-0.2, -0.15) is 0 Å². The van der Waals surface area contributed by atoms with Crippen molar-refractivity contribution < 1.29 is 9.59 Å². The molecule has 6 nitrogen and oxygen atoms in total. The predicted molar refractivity (Wildman–Crippen MR) is 117 cm³/mol. The Morgan fingerprint density at radius 2 is 1.93 bits per heavy atom. The molecule has 0 radical (unpaired) electrons. The first-order chi connectivity index (χ1) is 13.5. The summed E-state index contributed by atoms with van der Waals surface area (Å²) in [4.78, 5) is 29.6. The lowest BCUT2D eigenvalue weighted by molar-refractivity contribution is -0.139. The highest BCUT2D eigenvalue weighted by atomic mass is 35.5. The van der Waals surface area contributed by atoms with Crippen LogP contribution in [0.3, 0.4) is 0 Å². The van der Waals surface area contributed by atoms with Gasteiger partial charge in [0, 0.05) is 38.4 Å². The van der Waals surface area contributed by atoms with Crippen LogP contribution >= 0.6 is 12.4 Å². The molecule has 3 heterocycles. The molecule has 160 valence electrons. The summed E-state index contributed by atoms with van der Waals surface area (Å²) in [6, 6.07) is 7.72. The minimum Gasteiger partial charge on any atom is -0.342 e. The van der Waals surface area contributed by atoms with Crippen molar-refractivity contribution in [2.75, 3.05) is 44.6 Å². The monoisotopic (exact) mass is 420 g/mol. The van der Waals surface area contributed by atoms with E-state index in [1.54, 1.807) is 4.90 Å². The minimum atomic E-state index is -0.0993. The molecule has 0 aliphatic carbocycles. The topological polar surface area (TPSA) is 64.7 Å². The Balaban J connectivity index is 0.00000240. The van der Waals surface area contributed by atoms with E-state index >= 15 is 0 Å². The van der Waals surface area contributed by atoms with Crippen LogP contribution in [0.2, 0.25) is 0 Å². The second kappa shape index (κ2) is 9.35. The molecule has 3 saturated heterocycles. The van der Waals surface area contributed by atoms with Crippen LogP contribution in [-0.2, 0) is 4.79 Å². The van der Waals surface area contributed by atoms with Crippen LogP contribution in [-0.4, -0.2) is 61.0 Å². The number of rotatable bonds is 2. The lowest BCUT2D eigenvalue weighted by atomic mass is 9.77. The Morgan fingerprint density at radius 3 is 2.62 bits per heavy atom. The van der Waals surface area contributed by atoms with Gasteiger partial charge in [0.1, 0.15) is 0 Å². The van der Waals surface area contributed by atoms with Crippen LogP contribution in [0, 0.1) is 18.3 Å². The highest BCUT2D eigenvalue weighted by Crippen LogP contribution is 2.37. The second-order valence-corrected chi connectivity index (χ2v) is 8.84. The second-order valence-electron chi connectivity index (χ2n) is 8.84. The van der Waals surface area contributed by atoms with Crippen LogP contribution in [0.4, 0.5) is 10.5 Å². The summed E-state index contributed by atoms with van der Waals surface area (Å²) in [5.41, 5.74) is 2.35. The molecule has 1 unspecified atom stereocenters. The summed E-state index contributed by atoms with van der Waals surface area (Å²) in [6.45, 7) is 7.21. The number of piperidine rings is 2. The molecule has 0 saturated carbocycles. The van der Waals surface area contributed by atoms with Crippen molar-refractivity contribution in [2.24, 2.45) is 11.3 Å². The number of benzene rings is 1. The number of carbonyl (C=O) groups excluding carboxylic acids is 2. The Labute approximate surface area is 179 Å². The summed E-state index contributed by atoms with van der Waals surface area (Å²) in [5, 5.41) is 6.46. The quantitative estimate of drug-likeness (QED) is 0.771. The van der Waals surface area contributed by atoms with Gasteiger partial charge in [0.2, 0.25) is 5.91 Å². The highest BCUT2D eigenvalue weighted by Gasteiger charge is 2.40. The molecule has 1 aromatic carbocycles. The number of hydrogen-bond donors (Lipinski definition) is 2. The predicted octanol–water partition coefficient (Wildman–Crippen LogP) is 3.26. The summed E-state index contributed by atoms with van der Waals surface area (Å²) in [5.74, 6) is 0.182. The van der Waals surface area contributed by atoms with E-state index in [2.05, 4.69) is 15.5 Å². The van der Waals surface area contributed by atoms with Crippen LogP contribution in [0.1, 0.15) is 37.7 Å². The zero-order valence-corrected chi connectivity index (χ0v) is 18.1. The highest BCUT2D eigenvalue weighted by molar-refractivity contribution is 5.90. The number of carbonyl (C=O) groups is 2. The minimum absolute atomic E-state index is 0. The lowest BCUT2D eigenvalue weighted by Gasteiger charge is -2.41. The first-order valence-corrected chi connectivity index (χ1v) is 10.7. The van der Waals surface area contributed by atoms with E-state index in [-0.39, 0.29) is 30.3 Å². The standard InChI is InChI=1S/C22H32N4O2.ClH/c1-17-4-2-6-19(14-17)24-21(28)26-11-3-5-18(15-26)20(27)25-12-8-22(9-13-25)7-10-23-16-22;/h2,4,6,14,18,23H,3,5,7-13,15-16H2,1H3,(H,24,28);1H. The third kappa shape index (κ3) is 5.04. The van der Waals surface area contributed by atoms with Crippen molar-refractivity contribution in [3.05, 3.63) is 29.8 Å². The summed E-state index contributed by atoms with van der Waals surface area (Å²) in [7, 11) is 0. The van der Waals surface area contributed by atoms with E-state index in [9.17, 15) is 9.59 Å². The van der Waals surface area contributed by atoms with Gasteiger partial charge < -0.3 is 20.4 Å². The molecule has 0 aromatic heterocycles. The molecule has 7 heteroatoms. The summed E-state index contributed by atoms with van der Waals surface area (Å²) in [6.07, 6.45) is 5.23. The average molecular weight is 421 g/mol.